The quantitative estimate of drug-likeness (QED) is 0.417. The third-order valence-corrected chi connectivity index (χ3v) is 3.50. The highest BCUT2D eigenvalue weighted by Crippen LogP contribution is 2.27. The van der Waals surface area contributed by atoms with E-state index in [0.717, 1.165) is 0 Å². The van der Waals surface area contributed by atoms with Crippen molar-refractivity contribution < 1.29 is 14.2 Å². The monoisotopic (exact) mass is 338 g/mol. The van der Waals surface area contributed by atoms with Gasteiger partial charge in [-0.1, -0.05) is 35.5 Å². The molecule has 0 aliphatic carbocycles. The minimum absolute atomic E-state index is 0.171. The van der Waals surface area contributed by atoms with Crippen molar-refractivity contribution in [2.75, 3.05) is 5.32 Å². The fraction of sp³-hybridized carbons (Fsp3) is 0.118. The summed E-state index contributed by atoms with van der Waals surface area (Å²) in [6, 6.07) is 12.9. The highest BCUT2D eigenvalue weighted by molar-refractivity contribution is 6.09. The number of nitrogens with one attached hydrogen (secondary N) is 1. The summed E-state index contributed by atoms with van der Waals surface area (Å²) in [5, 5.41) is 18.0. The molecule has 0 fully saturated rings. The van der Waals surface area contributed by atoms with Crippen LogP contribution >= 0.6 is 0 Å². The number of aryl methyl sites for hydroxylation is 1. The largest absolute Gasteiger partial charge is 0.372 e. The first kappa shape index (κ1) is 16.3. The fourth-order valence-electron chi connectivity index (χ4n) is 2.32. The van der Waals surface area contributed by atoms with E-state index in [0.29, 0.717) is 17.3 Å². The molecule has 1 N–H and O–H groups in total. The second-order valence-corrected chi connectivity index (χ2v) is 5.27. The van der Waals surface area contributed by atoms with Crippen molar-refractivity contribution in [1.29, 1.82) is 0 Å². The van der Waals surface area contributed by atoms with Crippen molar-refractivity contribution in [2.45, 2.75) is 13.5 Å². The second-order valence-electron chi connectivity index (χ2n) is 5.27. The summed E-state index contributed by atoms with van der Waals surface area (Å²) in [4.78, 5) is 27.3. The van der Waals surface area contributed by atoms with Gasteiger partial charge in [-0.05, 0) is 12.1 Å². The van der Waals surface area contributed by atoms with Crippen molar-refractivity contribution in [3.63, 3.8) is 0 Å². The maximum Gasteiger partial charge on any atom is 0.293 e. The molecule has 8 nitrogen and oxygen atoms in total. The van der Waals surface area contributed by atoms with Crippen molar-refractivity contribution in [3.05, 3.63) is 81.5 Å². The number of anilines is 1. The Labute approximate surface area is 142 Å². The minimum Gasteiger partial charge on any atom is -0.372 e. The molecule has 3 rings (SSSR count). The smallest absolute Gasteiger partial charge is 0.293 e. The van der Waals surface area contributed by atoms with E-state index in [4.69, 9.17) is 4.52 Å². The molecule has 126 valence electrons. The van der Waals surface area contributed by atoms with Gasteiger partial charge < -0.3 is 9.84 Å². The van der Waals surface area contributed by atoms with Gasteiger partial charge in [0.15, 0.2) is 11.6 Å². The number of aromatic nitrogens is 2. The van der Waals surface area contributed by atoms with E-state index in [1.807, 2.05) is 0 Å². The van der Waals surface area contributed by atoms with Gasteiger partial charge in [0.05, 0.1) is 11.5 Å². The van der Waals surface area contributed by atoms with Gasteiger partial charge in [0.25, 0.3) is 5.69 Å². The molecule has 2 aromatic carbocycles. The summed E-state index contributed by atoms with van der Waals surface area (Å²) < 4.78 is 4.85. The van der Waals surface area contributed by atoms with Gasteiger partial charge in [-0.25, -0.2) is 0 Å². The molecule has 0 aliphatic rings. The molecular weight excluding hydrogens is 324 g/mol. The number of nitrogens with zero attached hydrogens (tertiary/aromatic N) is 3. The van der Waals surface area contributed by atoms with E-state index < -0.39 is 4.92 Å². The Hall–Kier alpha value is -3.55. The van der Waals surface area contributed by atoms with Crippen LogP contribution in [0.5, 0.6) is 0 Å². The number of carbonyl (C=O) groups is 1. The van der Waals surface area contributed by atoms with E-state index in [1.54, 1.807) is 43.3 Å². The Morgan fingerprint density at radius 2 is 1.96 bits per heavy atom. The van der Waals surface area contributed by atoms with Crippen LogP contribution in [-0.4, -0.2) is 20.8 Å². The number of nitro groups is 1. The molecular formula is C17H14N4O4. The lowest BCUT2D eigenvalue weighted by atomic mass is 10.0. The Kier molecular flexibility index (Phi) is 4.51. The standard InChI is InChI=1S/C17H14N4O4/c1-11-19-16(20-25-11)10-18-14-8-7-13(9-15(14)21(23)24)17(22)12-5-3-2-4-6-12/h2-9,18H,10H2,1H3. The number of hydrogen-bond donors (Lipinski definition) is 1. The van der Waals surface area contributed by atoms with E-state index in [9.17, 15) is 14.9 Å². The molecule has 0 saturated carbocycles. The van der Waals surface area contributed by atoms with E-state index in [2.05, 4.69) is 15.5 Å². The molecule has 0 bridgehead atoms. The maximum atomic E-state index is 12.4. The van der Waals surface area contributed by atoms with Crippen LogP contribution < -0.4 is 5.32 Å². The van der Waals surface area contributed by atoms with Crippen LogP contribution in [0.4, 0.5) is 11.4 Å². The Balaban J connectivity index is 1.85. The third kappa shape index (κ3) is 3.69. The highest BCUT2D eigenvalue weighted by atomic mass is 16.6. The first-order chi connectivity index (χ1) is 12.0. The lowest BCUT2D eigenvalue weighted by Gasteiger charge is -2.07. The molecule has 1 heterocycles. The Morgan fingerprint density at radius 3 is 2.60 bits per heavy atom. The predicted molar refractivity (Wildman–Crippen MR) is 89.3 cm³/mol. The molecule has 0 saturated heterocycles. The van der Waals surface area contributed by atoms with E-state index in [1.165, 1.54) is 12.1 Å². The Bertz CT molecular complexity index is 921. The minimum atomic E-state index is -0.536. The molecule has 0 spiro atoms. The number of carbonyl (C=O) groups excluding carboxylic acids is 1. The maximum absolute atomic E-state index is 12.4. The third-order valence-electron chi connectivity index (χ3n) is 3.50. The molecule has 0 unspecified atom stereocenters. The predicted octanol–water partition coefficient (Wildman–Crippen LogP) is 3.13. The molecule has 0 radical (unpaired) electrons. The van der Waals surface area contributed by atoms with Crippen LogP contribution in [-0.2, 0) is 6.54 Å². The highest BCUT2D eigenvalue weighted by Gasteiger charge is 2.18. The number of hydrogen-bond acceptors (Lipinski definition) is 7. The van der Waals surface area contributed by atoms with Gasteiger partial charge in [0.1, 0.15) is 5.69 Å². The summed E-state index contributed by atoms with van der Waals surface area (Å²) in [6.07, 6.45) is 0. The molecule has 25 heavy (non-hydrogen) atoms. The number of rotatable bonds is 6. The molecule has 0 aliphatic heterocycles. The molecule has 0 amide bonds. The van der Waals surface area contributed by atoms with Crippen molar-refractivity contribution in [1.82, 2.24) is 10.1 Å². The molecule has 0 atom stereocenters. The summed E-state index contributed by atoms with van der Waals surface area (Å²) in [5.41, 5.74) is 0.803. The number of benzene rings is 2. The average molecular weight is 338 g/mol. The summed E-state index contributed by atoms with van der Waals surface area (Å²) in [6.45, 7) is 1.83. The average Bonchev–Trinajstić information content (AvgIpc) is 3.05. The summed E-state index contributed by atoms with van der Waals surface area (Å²) >= 11 is 0. The first-order valence-corrected chi connectivity index (χ1v) is 7.46. The van der Waals surface area contributed by atoms with Crippen LogP contribution in [0.1, 0.15) is 27.6 Å². The molecule has 3 aromatic rings. The van der Waals surface area contributed by atoms with Gasteiger partial charge in [0, 0.05) is 24.1 Å². The number of nitro benzene ring substituents is 1. The summed E-state index contributed by atoms with van der Waals surface area (Å²) in [5.74, 6) is 0.524. The lowest BCUT2D eigenvalue weighted by Crippen LogP contribution is -2.06. The van der Waals surface area contributed by atoms with Crippen LogP contribution in [0.3, 0.4) is 0 Å². The zero-order chi connectivity index (χ0) is 17.8. The second kappa shape index (κ2) is 6.91. The van der Waals surface area contributed by atoms with Crippen molar-refractivity contribution in [2.24, 2.45) is 0 Å². The van der Waals surface area contributed by atoms with Crippen LogP contribution in [0.25, 0.3) is 0 Å². The summed E-state index contributed by atoms with van der Waals surface area (Å²) in [7, 11) is 0. The SMILES string of the molecule is Cc1nc(CNc2ccc(C(=O)c3ccccc3)cc2[N+](=O)[O-])no1. The van der Waals surface area contributed by atoms with E-state index >= 15 is 0 Å². The van der Waals surface area contributed by atoms with Crippen LogP contribution in [0.15, 0.2) is 53.1 Å². The lowest BCUT2D eigenvalue weighted by molar-refractivity contribution is -0.384. The van der Waals surface area contributed by atoms with Crippen molar-refractivity contribution in [3.8, 4) is 0 Å². The van der Waals surface area contributed by atoms with Crippen molar-refractivity contribution >= 4 is 17.2 Å². The van der Waals surface area contributed by atoms with Crippen LogP contribution in [0, 0.1) is 17.0 Å². The van der Waals surface area contributed by atoms with Gasteiger partial charge in [-0.3, -0.25) is 14.9 Å². The van der Waals surface area contributed by atoms with Gasteiger partial charge in [0.2, 0.25) is 5.89 Å². The zero-order valence-corrected chi connectivity index (χ0v) is 13.3. The molecule has 1 aromatic heterocycles. The topological polar surface area (TPSA) is 111 Å². The van der Waals surface area contributed by atoms with Gasteiger partial charge in [-0.15, -0.1) is 0 Å². The normalized spacial score (nSPS) is 10.4. The Morgan fingerprint density at radius 1 is 1.20 bits per heavy atom. The van der Waals surface area contributed by atoms with E-state index in [-0.39, 0.29) is 29.3 Å². The first-order valence-electron chi connectivity index (χ1n) is 7.46. The zero-order valence-electron chi connectivity index (χ0n) is 13.3. The van der Waals surface area contributed by atoms with Gasteiger partial charge in [-0.2, -0.15) is 4.98 Å². The fourth-order valence-corrected chi connectivity index (χ4v) is 2.32. The number of ketones is 1. The van der Waals surface area contributed by atoms with Gasteiger partial charge >= 0.3 is 0 Å². The van der Waals surface area contributed by atoms with Crippen LogP contribution in [0.2, 0.25) is 0 Å². The molecule has 8 heteroatoms.